The van der Waals surface area contributed by atoms with Gasteiger partial charge in [0.25, 0.3) is 0 Å². The van der Waals surface area contributed by atoms with Gasteiger partial charge < -0.3 is 0 Å². The van der Waals surface area contributed by atoms with Crippen molar-refractivity contribution in [3.05, 3.63) is 89.6 Å². The van der Waals surface area contributed by atoms with Gasteiger partial charge in [-0.25, -0.2) is 0 Å². The van der Waals surface area contributed by atoms with E-state index in [0.29, 0.717) is 11.3 Å². The predicted molar refractivity (Wildman–Crippen MR) is 142 cm³/mol. The first-order valence-electron chi connectivity index (χ1n) is 12.3. The van der Waals surface area contributed by atoms with Gasteiger partial charge in [0.1, 0.15) is 0 Å². The van der Waals surface area contributed by atoms with Crippen molar-refractivity contribution in [1.82, 2.24) is 0 Å². The molecule has 1 aromatic carbocycles. The highest BCUT2D eigenvalue weighted by atomic mass is 14.7. The van der Waals surface area contributed by atoms with Gasteiger partial charge in [0, 0.05) is 11.6 Å². The van der Waals surface area contributed by atoms with E-state index in [-0.39, 0.29) is 0 Å². The summed E-state index contributed by atoms with van der Waals surface area (Å²) in [7, 11) is 0. The first kappa shape index (κ1) is 24.2. The summed E-state index contributed by atoms with van der Waals surface area (Å²) in [4.78, 5) is 4.85. The second-order valence-electron chi connectivity index (χ2n) is 10.7. The molecule has 1 heteroatoms. The molecule has 0 saturated heterocycles. The van der Waals surface area contributed by atoms with Gasteiger partial charge in [0.2, 0.25) is 0 Å². The Labute approximate surface area is 196 Å². The quantitative estimate of drug-likeness (QED) is 0.330. The Kier molecular flexibility index (Phi) is 8.29. The Morgan fingerprint density at radius 1 is 1.12 bits per heavy atom. The van der Waals surface area contributed by atoms with Crippen LogP contribution in [0.5, 0.6) is 0 Å². The van der Waals surface area contributed by atoms with Crippen LogP contribution in [0.2, 0.25) is 0 Å². The third-order valence-electron chi connectivity index (χ3n) is 6.65. The second kappa shape index (κ2) is 10.9. The SMILES string of the molecule is C=C(CCCC(CC)CC(C)(C)C)c1ccc(CN=C(C)C2=CC3C=CC=C3C=C2)cc1. The van der Waals surface area contributed by atoms with Crippen LogP contribution in [-0.4, -0.2) is 5.71 Å². The highest BCUT2D eigenvalue weighted by Gasteiger charge is 2.17. The Balaban J connectivity index is 1.48. The highest BCUT2D eigenvalue weighted by molar-refractivity contribution is 6.01. The van der Waals surface area contributed by atoms with Crippen molar-refractivity contribution in [2.24, 2.45) is 22.2 Å². The van der Waals surface area contributed by atoms with Gasteiger partial charge in [-0.2, -0.15) is 0 Å². The summed E-state index contributed by atoms with van der Waals surface area (Å²) in [5, 5.41) is 0. The molecule has 0 heterocycles. The number of allylic oxidation sites excluding steroid dienone is 9. The number of aliphatic imine (C=N–C) groups is 1. The topological polar surface area (TPSA) is 12.4 Å². The first-order chi connectivity index (χ1) is 15.2. The van der Waals surface area contributed by atoms with Crippen molar-refractivity contribution in [1.29, 1.82) is 0 Å². The fourth-order valence-corrected chi connectivity index (χ4v) is 4.72. The highest BCUT2D eigenvalue weighted by Crippen LogP contribution is 2.31. The molecule has 32 heavy (non-hydrogen) atoms. The molecule has 0 fully saturated rings. The van der Waals surface area contributed by atoms with Gasteiger partial charge in [-0.05, 0) is 65.4 Å². The summed E-state index contributed by atoms with van der Waals surface area (Å²) in [5.41, 5.74) is 7.91. The summed E-state index contributed by atoms with van der Waals surface area (Å²) in [6, 6.07) is 8.85. The zero-order valence-corrected chi connectivity index (χ0v) is 20.8. The van der Waals surface area contributed by atoms with Crippen molar-refractivity contribution < 1.29 is 0 Å². The van der Waals surface area contributed by atoms with Crippen LogP contribution >= 0.6 is 0 Å². The van der Waals surface area contributed by atoms with E-state index >= 15 is 0 Å². The molecule has 2 unspecified atom stereocenters. The summed E-state index contributed by atoms with van der Waals surface area (Å²) >= 11 is 0. The third kappa shape index (κ3) is 7.05. The number of benzene rings is 1. The number of fused-ring (bicyclic) bond motifs is 1. The molecule has 2 atom stereocenters. The molecule has 1 aromatic rings. The normalized spacial score (nSPS) is 18.9. The standard InChI is InChI=1S/C31H41N/c1-7-25(21-31(4,5)6)11-8-10-23(2)27-16-14-26(15-17-27)22-32-24(3)29-19-18-28-12-9-13-30(28)20-29/h9,12-20,25,30H,2,7-8,10-11,21-22H2,1,3-6H3. The lowest BCUT2D eigenvalue weighted by molar-refractivity contribution is 0.273. The minimum Gasteiger partial charge on any atom is -0.285 e. The number of nitrogens with zero attached hydrogens (tertiary/aromatic N) is 1. The molecule has 0 aromatic heterocycles. The Bertz CT molecular complexity index is 941. The predicted octanol–water partition coefficient (Wildman–Crippen LogP) is 8.90. The lowest BCUT2D eigenvalue weighted by Gasteiger charge is -2.25. The fraction of sp³-hybridized carbons (Fsp3) is 0.452. The van der Waals surface area contributed by atoms with Gasteiger partial charge in [-0.3, -0.25) is 4.99 Å². The van der Waals surface area contributed by atoms with Gasteiger partial charge in [-0.1, -0.05) is 108 Å². The van der Waals surface area contributed by atoms with Crippen molar-refractivity contribution in [2.75, 3.05) is 0 Å². The van der Waals surface area contributed by atoms with Gasteiger partial charge in [-0.15, -0.1) is 0 Å². The maximum atomic E-state index is 4.85. The summed E-state index contributed by atoms with van der Waals surface area (Å²) in [5.74, 6) is 1.25. The Morgan fingerprint density at radius 3 is 2.56 bits per heavy atom. The molecule has 2 aliphatic carbocycles. The zero-order valence-electron chi connectivity index (χ0n) is 20.8. The molecule has 1 nitrogen and oxygen atoms in total. The van der Waals surface area contributed by atoms with Crippen molar-refractivity contribution in [3.63, 3.8) is 0 Å². The van der Waals surface area contributed by atoms with Crippen LogP contribution in [0.4, 0.5) is 0 Å². The Morgan fingerprint density at radius 2 is 1.88 bits per heavy atom. The summed E-state index contributed by atoms with van der Waals surface area (Å²) in [6.45, 7) is 16.6. The van der Waals surface area contributed by atoms with Crippen LogP contribution < -0.4 is 0 Å². The maximum Gasteiger partial charge on any atom is 0.0643 e. The number of hydrogen-bond donors (Lipinski definition) is 0. The molecular weight excluding hydrogens is 386 g/mol. The van der Waals surface area contributed by atoms with Crippen molar-refractivity contribution in [2.45, 2.75) is 73.3 Å². The van der Waals surface area contributed by atoms with E-state index in [1.165, 1.54) is 53.5 Å². The largest absolute Gasteiger partial charge is 0.285 e. The van der Waals surface area contributed by atoms with Crippen molar-refractivity contribution in [3.8, 4) is 0 Å². The van der Waals surface area contributed by atoms with E-state index in [1.54, 1.807) is 0 Å². The van der Waals surface area contributed by atoms with E-state index in [4.69, 9.17) is 4.99 Å². The fourth-order valence-electron chi connectivity index (χ4n) is 4.72. The van der Waals surface area contributed by atoms with Crippen LogP contribution in [0, 0.1) is 17.3 Å². The second-order valence-corrected chi connectivity index (χ2v) is 10.7. The molecule has 0 spiro atoms. The third-order valence-corrected chi connectivity index (χ3v) is 6.65. The lowest BCUT2D eigenvalue weighted by atomic mass is 9.81. The molecule has 0 N–H and O–H groups in total. The zero-order chi connectivity index (χ0) is 23.1. The van der Waals surface area contributed by atoms with Crippen LogP contribution in [0.1, 0.15) is 77.8 Å². The van der Waals surface area contributed by atoms with E-state index in [9.17, 15) is 0 Å². The van der Waals surface area contributed by atoms with Crippen LogP contribution in [0.3, 0.4) is 0 Å². The first-order valence-corrected chi connectivity index (χ1v) is 12.3. The van der Waals surface area contributed by atoms with Crippen molar-refractivity contribution >= 4 is 11.3 Å². The molecule has 170 valence electrons. The molecule has 2 aliphatic rings. The van der Waals surface area contributed by atoms with E-state index in [1.807, 2.05) is 0 Å². The van der Waals surface area contributed by atoms with Crippen LogP contribution in [0.15, 0.2) is 83.4 Å². The van der Waals surface area contributed by atoms with Gasteiger partial charge >= 0.3 is 0 Å². The summed E-state index contributed by atoms with van der Waals surface area (Å²) in [6.07, 6.45) is 19.5. The van der Waals surface area contributed by atoms with E-state index < -0.39 is 0 Å². The molecule has 0 amide bonds. The maximum absolute atomic E-state index is 4.85. The Hall–Kier alpha value is -2.41. The molecule has 0 radical (unpaired) electrons. The average molecular weight is 428 g/mol. The van der Waals surface area contributed by atoms with Gasteiger partial charge in [0.05, 0.1) is 6.54 Å². The monoisotopic (exact) mass is 427 g/mol. The number of hydrogen-bond acceptors (Lipinski definition) is 1. The van der Waals surface area contributed by atoms with Gasteiger partial charge in [0.15, 0.2) is 0 Å². The smallest absolute Gasteiger partial charge is 0.0643 e. The molecule has 0 saturated carbocycles. The minimum absolute atomic E-state index is 0.422. The van der Waals surface area contributed by atoms with Crippen LogP contribution in [0.25, 0.3) is 5.57 Å². The average Bonchev–Trinajstić information content (AvgIpc) is 3.24. The molecule has 0 aliphatic heterocycles. The molecular formula is C31H41N. The van der Waals surface area contributed by atoms with Crippen LogP contribution in [-0.2, 0) is 6.54 Å². The minimum atomic E-state index is 0.422. The summed E-state index contributed by atoms with van der Waals surface area (Å²) < 4.78 is 0. The number of rotatable bonds is 10. The molecule has 3 rings (SSSR count). The van der Waals surface area contributed by atoms with E-state index in [2.05, 4.69) is 102 Å². The van der Waals surface area contributed by atoms with E-state index in [0.717, 1.165) is 24.6 Å². The lowest BCUT2D eigenvalue weighted by Crippen LogP contribution is -2.12. The molecule has 0 bridgehead atoms.